The average molecular weight is 570 g/mol. The van der Waals surface area contributed by atoms with Gasteiger partial charge < -0.3 is 23.6 Å². The largest absolute Gasteiger partial charge is 0.457 e. The lowest BCUT2D eigenvalue weighted by Crippen LogP contribution is -2.56. The highest BCUT2D eigenvalue weighted by Gasteiger charge is 2.39. The van der Waals surface area contributed by atoms with Gasteiger partial charge in [0, 0.05) is 48.9 Å². The number of likely N-dealkylation sites (tertiary alicyclic amines) is 1. The van der Waals surface area contributed by atoms with Crippen molar-refractivity contribution < 1.29 is 18.4 Å². The van der Waals surface area contributed by atoms with Crippen LogP contribution in [0.25, 0.3) is 22.5 Å². The molecular weight excluding hydrogens is 534 g/mol. The Labute approximate surface area is 243 Å². The number of fused-ring (bicyclic) bond motifs is 5. The van der Waals surface area contributed by atoms with Gasteiger partial charge >= 0.3 is 0 Å². The van der Waals surface area contributed by atoms with E-state index < -0.39 is 6.04 Å². The van der Waals surface area contributed by atoms with E-state index in [1.165, 1.54) is 6.07 Å². The van der Waals surface area contributed by atoms with Crippen molar-refractivity contribution in [3.05, 3.63) is 92.2 Å². The number of hydrogen-bond acceptors (Lipinski definition) is 6. The molecule has 2 aliphatic rings. The number of rotatable bonds is 7. The molecule has 0 radical (unpaired) electrons. The number of hydrogen-bond donors (Lipinski definition) is 1. The standard InChI is InChI=1S/C33H35N3O6/c1-4-19(2)29(33(40)35-16-21-14-23(18-35)25-11-8-12-28(39)36(25)17-21)34-27(38)15-24-30(22-9-6-5-7-10-22)42-32-26(37)13-20(3)41-31(24)32/h5-13,19,21,23,29H,4,14-18H2,1-3H3,(H,34,38)/t19?,21-,23+,29+/m1/s1. The van der Waals surface area contributed by atoms with E-state index in [4.69, 9.17) is 8.83 Å². The van der Waals surface area contributed by atoms with Gasteiger partial charge in [0.2, 0.25) is 22.8 Å². The minimum atomic E-state index is -0.716. The van der Waals surface area contributed by atoms with Crippen LogP contribution in [-0.2, 0) is 22.6 Å². The molecule has 3 aromatic heterocycles. The van der Waals surface area contributed by atoms with Crippen LogP contribution >= 0.6 is 0 Å². The molecule has 2 aliphatic heterocycles. The molecule has 5 heterocycles. The number of carbonyl (C=O) groups excluding carboxylic acids is 2. The highest BCUT2D eigenvalue weighted by Crippen LogP contribution is 2.36. The third-order valence-corrected chi connectivity index (χ3v) is 8.74. The van der Waals surface area contributed by atoms with E-state index in [1.54, 1.807) is 19.1 Å². The van der Waals surface area contributed by atoms with Crippen LogP contribution in [0.2, 0.25) is 0 Å². The third-order valence-electron chi connectivity index (χ3n) is 8.74. The maximum atomic E-state index is 14.0. The van der Waals surface area contributed by atoms with Crippen LogP contribution in [0.4, 0.5) is 0 Å². The van der Waals surface area contributed by atoms with Gasteiger partial charge in [0.1, 0.15) is 17.6 Å². The van der Waals surface area contributed by atoms with Gasteiger partial charge in [0.15, 0.2) is 5.58 Å². The molecule has 1 saturated heterocycles. The number of aromatic nitrogens is 1. The van der Waals surface area contributed by atoms with E-state index in [9.17, 15) is 19.2 Å². The molecule has 0 spiro atoms. The van der Waals surface area contributed by atoms with Crippen molar-refractivity contribution in [2.24, 2.45) is 11.8 Å². The van der Waals surface area contributed by atoms with Gasteiger partial charge in [-0.1, -0.05) is 56.7 Å². The minimum Gasteiger partial charge on any atom is -0.457 e. The number of pyridine rings is 1. The molecule has 1 aromatic carbocycles. The lowest BCUT2D eigenvalue weighted by Gasteiger charge is -2.44. The Bertz CT molecular complexity index is 1770. The molecule has 4 atom stereocenters. The Morgan fingerprint density at radius 2 is 1.79 bits per heavy atom. The molecule has 1 N–H and O–H groups in total. The van der Waals surface area contributed by atoms with Gasteiger partial charge in [-0.15, -0.1) is 0 Å². The van der Waals surface area contributed by atoms with Gasteiger partial charge in [-0.05, 0) is 31.2 Å². The Morgan fingerprint density at radius 1 is 1.00 bits per heavy atom. The highest BCUT2D eigenvalue weighted by atomic mass is 16.4. The number of piperidine rings is 1. The average Bonchev–Trinajstić information content (AvgIpc) is 3.34. The van der Waals surface area contributed by atoms with Gasteiger partial charge in [-0.3, -0.25) is 19.2 Å². The van der Waals surface area contributed by atoms with Crippen LogP contribution < -0.4 is 16.3 Å². The molecule has 9 heteroatoms. The van der Waals surface area contributed by atoms with E-state index in [2.05, 4.69) is 5.32 Å². The second kappa shape index (κ2) is 11.1. The fourth-order valence-electron chi connectivity index (χ4n) is 6.49. The summed E-state index contributed by atoms with van der Waals surface area (Å²) in [6.07, 6.45) is 1.52. The molecule has 218 valence electrons. The molecule has 1 fully saturated rings. The zero-order valence-corrected chi connectivity index (χ0v) is 24.1. The summed E-state index contributed by atoms with van der Waals surface area (Å²) < 4.78 is 13.7. The number of furan rings is 1. The van der Waals surface area contributed by atoms with E-state index in [1.807, 2.05) is 59.7 Å². The van der Waals surface area contributed by atoms with Crippen molar-refractivity contribution in [3.63, 3.8) is 0 Å². The number of aryl methyl sites for hydroxylation is 1. The van der Waals surface area contributed by atoms with Crippen LogP contribution in [0, 0.1) is 18.8 Å². The Morgan fingerprint density at radius 3 is 2.55 bits per heavy atom. The second-order valence-corrected chi connectivity index (χ2v) is 11.7. The molecule has 1 unspecified atom stereocenters. The molecule has 2 bridgehead atoms. The van der Waals surface area contributed by atoms with Crippen molar-refractivity contribution >= 4 is 23.0 Å². The lowest BCUT2D eigenvalue weighted by molar-refractivity contribution is -0.140. The monoisotopic (exact) mass is 569 g/mol. The van der Waals surface area contributed by atoms with Crippen molar-refractivity contribution in [3.8, 4) is 11.3 Å². The molecular formula is C33H35N3O6. The van der Waals surface area contributed by atoms with Gasteiger partial charge in [-0.25, -0.2) is 0 Å². The van der Waals surface area contributed by atoms with Crippen LogP contribution in [0.5, 0.6) is 0 Å². The summed E-state index contributed by atoms with van der Waals surface area (Å²) in [5.41, 5.74) is 2.16. The Hall–Kier alpha value is -4.40. The minimum absolute atomic E-state index is 0.000562. The first-order valence-electron chi connectivity index (χ1n) is 14.6. The van der Waals surface area contributed by atoms with Crippen LogP contribution in [0.1, 0.15) is 49.6 Å². The number of benzene rings is 1. The topological polar surface area (TPSA) is 115 Å². The summed E-state index contributed by atoms with van der Waals surface area (Å²) in [6.45, 7) is 7.30. The first kappa shape index (κ1) is 27.8. The zero-order chi connectivity index (χ0) is 29.5. The summed E-state index contributed by atoms with van der Waals surface area (Å²) in [4.78, 5) is 54.6. The normalized spacial score (nSPS) is 19.3. The fraction of sp³-hybridized carbons (Fsp3) is 0.394. The molecule has 0 saturated carbocycles. The fourth-order valence-corrected chi connectivity index (χ4v) is 6.49. The summed E-state index contributed by atoms with van der Waals surface area (Å²) in [6, 6.07) is 15.3. The lowest BCUT2D eigenvalue weighted by atomic mass is 9.82. The van der Waals surface area contributed by atoms with Crippen LogP contribution in [-0.4, -0.2) is 40.4 Å². The first-order chi connectivity index (χ1) is 20.2. The van der Waals surface area contributed by atoms with E-state index in [0.29, 0.717) is 43.1 Å². The van der Waals surface area contributed by atoms with Crippen LogP contribution in [0.15, 0.2) is 73.0 Å². The first-order valence-corrected chi connectivity index (χ1v) is 14.6. The molecule has 9 nitrogen and oxygen atoms in total. The zero-order valence-electron chi connectivity index (χ0n) is 24.1. The Kier molecular flexibility index (Phi) is 7.35. The number of carbonyl (C=O) groups is 2. The molecule has 6 rings (SSSR count). The van der Waals surface area contributed by atoms with E-state index in [0.717, 1.165) is 17.7 Å². The van der Waals surface area contributed by atoms with Crippen molar-refractivity contribution in [1.82, 2.24) is 14.8 Å². The second-order valence-electron chi connectivity index (χ2n) is 11.7. The van der Waals surface area contributed by atoms with Crippen LogP contribution in [0.3, 0.4) is 0 Å². The molecule has 2 amide bonds. The van der Waals surface area contributed by atoms with Crippen molar-refractivity contribution in [1.29, 1.82) is 0 Å². The van der Waals surface area contributed by atoms with Crippen molar-refractivity contribution in [2.75, 3.05) is 13.1 Å². The predicted molar refractivity (Wildman–Crippen MR) is 158 cm³/mol. The summed E-state index contributed by atoms with van der Waals surface area (Å²) in [5, 5.41) is 3.02. The quantitative estimate of drug-likeness (QED) is 0.356. The SMILES string of the molecule is CCC(C)[C@H](NC(=O)Cc1c(-c2ccccc2)oc2c(=O)cc(C)oc12)C(=O)N1C[C@H]2C[C@@H](C1)c1cccc(=O)n1C2. The summed E-state index contributed by atoms with van der Waals surface area (Å²) in [5.74, 6) is 0.519. The molecule has 0 aliphatic carbocycles. The number of nitrogens with zero attached hydrogens (tertiary/aromatic N) is 2. The predicted octanol–water partition coefficient (Wildman–Crippen LogP) is 4.24. The van der Waals surface area contributed by atoms with Gasteiger partial charge in [0.25, 0.3) is 5.56 Å². The van der Waals surface area contributed by atoms with Crippen molar-refractivity contribution in [2.45, 2.75) is 58.5 Å². The Balaban J connectivity index is 1.27. The van der Waals surface area contributed by atoms with E-state index in [-0.39, 0.29) is 58.1 Å². The summed E-state index contributed by atoms with van der Waals surface area (Å²) >= 11 is 0. The maximum Gasteiger partial charge on any atom is 0.250 e. The maximum absolute atomic E-state index is 14.0. The number of amides is 2. The van der Waals surface area contributed by atoms with E-state index >= 15 is 0 Å². The molecule has 4 aromatic rings. The summed E-state index contributed by atoms with van der Waals surface area (Å²) in [7, 11) is 0. The third kappa shape index (κ3) is 5.08. The number of nitrogens with one attached hydrogen (secondary N) is 1. The smallest absolute Gasteiger partial charge is 0.250 e. The highest BCUT2D eigenvalue weighted by molar-refractivity contribution is 5.93. The van der Waals surface area contributed by atoms with Gasteiger partial charge in [-0.2, -0.15) is 0 Å². The molecule has 42 heavy (non-hydrogen) atoms. The van der Waals surface area contributed by atoms with Gasteiger partial charge in [0.05, 0.1) is 12.0 Å².